The fourth-order valence-electron chi connectivity index (χ4n) is 2.04. The molecule has 0 bridgehead atoms. The van der Waals surface area contributed by atoms with Gasteiger partial charge in [-0.05, 0) is 24.3 Å². The van der Waals surface area contributed by atoms with Crippen LogP contribution in [0, 0.1) is 0 Å². The summed E-state index contributed by atoms with van der Waals surface area (Å²) >= 11 is 5.80. The van der Waals surface area contributed by atoms with Crippen LogP contribution in [0.3, 0.4) is 0 Å². The molecular formula is C14H12ClN7O2. The molecule has 0 fully saturated rings. The Morgan fingerprint density at radius 3 is 2.54 bits per heavy atom. The van der Waals surface area contributed by atoms with Crippen LogP contribution in [-0.2, 0) is 0 Å². The van der Waals surface area contributed by atoms with E-state index in [0.717, 1.165) is 0 Å². The molecule has 0 saturated carbocycles. The number of carbonyl (C=O) groups excluding carboxylic acids is 2. The number of nitrogens with zero attached hydrogens (tertiary/aromatic N) is 4. The number of anilines is 2. The van der Waals surface area contributed by atoms with Gasteiger partial charge in [0.15, 0.2) is 17.2 Å². The van der Waals surface area contributed by atoms with Crippen LogP contribution in [0.1, 0.15) is 20.8 Å². The van der Waals surface area contributed by atoms with E-state index in [0.29, 0.717) is 10.7 Å². The minimum Gasteiger partial charge on any atom is -0.382 e. The number of hydrogen-bond donors (Lipinski definition) is 3. The summed E-state index contributed by atoms with van der Waals surface area (Å²) in [6.45, 7) is 0. The average Bonchev–Trinajstić information content (AvgIpc) is 3.01. The van der Waals surface area contributed by atoms with E-state index in [1.807, 2.05) is 0 Å². The first-order chi connectivity index (χ1) is 11.5. The topological polar surface area (TPSA) is 127 Å². The summed E-state index contributed by atoms with van der Waals surface area (Å²) in [6.07, 6.45) is 1.31. The Balaban J connectivity index is 1.95. The molecule has 0 saturated heterocycles. The highest BCUT2D eigenvalue weighted by Crippen LogP contribution is 2.17. The predicted molar refractivity (Wildman–Crippen MR) is 88.0 cm³/mol. The standard InChI is InChI=1S/C14H12ClN7O2/c1-17-13(23)9-6-18-22-11(16)10(20-21-12(9)22)14(24)19-8-4-2-7(15)3-5-8/h2-6H,16H2,1H3,(H,17,23)(H,19,24). The molecular weight excluding hydrogens is 334 g/mol. The minimum atomic E-state index is -0.554. The van der Waals surface area contributed by atoms with Gasteiger partial charge in [0.1, 0.15) is 5.56 Å². The van der Waals surface area contributed by atoms with Crippen molar-refractivity contribution in [3.8, 4) is 0 Å². The zero-order chi connectivity index (χ0) is 17.3. The van der Waals surface area contributed by atoms with E-state index in [1.165, 1.54) is 17.8 Å². The molecule has 4 N–H and O–H groups in total. The van der Waals surface area contributed by atoms with Crippen molar-refractivity contribution in [1.82, 2.24) is 25.1 Å². The number of rotatable bonds is 3. The van der Waals surface area contributed by atoms with Crippen LogP contribution in [0.2, 0.25) is 5.02 Å². The first-order valence-electron chi connectivity index (χ1n) is 6.80. The van der Waals surface area contributed by atoms with Crippen LogP contribution < -0.4 is 16.4 Å². The second-order valence-electron chi connectivity index (χ2n) is 4.77. The molecule has 0 aliphatic rings. The molecule has 2 amide bonds. The maximum absolute atomic E-state index is 12.3. The first-order valence-corrected chi connectivity index (χ1v) is 7.18. The highest BCUT2D eigenvalue weighted by molar-refractivity contribution is 6.30. The number of carbonyl (C=O) groups is 2. The Labute approximate surface area is 140 Å². The number of nitrogen functional groups attached to an aromatic ring is 1. The molecule has 3 rings (SSSR count). The van der Waals surface area contributed by atoms with Crippen LogP contribution in [0.25, 0.3) is 5.65 Å². The van der Waals surface area contributed by atoms with E-state index in [9.17, 15) is 9.59 Å². The van der Waals surface area contributed by atoms with Crippen molar-refractivity contribution in [2.24, 2.45) is 0 Å². The summed E-state index contributed by atoms with van der Waals surface area (Å²) in [5.74, 6) is -0.958. The van der Waals surface area contributed by atoms with Gasteiger partial charge in [-0.25, -0.2) is 0 Å². The number of hydrogen-bond acceptors (Lipinski definition) is 6. The van der Waals surface area contributed by atoms with Gasteiger partial charge in [0.25, 0.3) is 11.8 Å². The molecule has 0 spiro atoms. The Bertz CT molecular complexity index is 936. The Morgan fingerprint density at radius 1 is 1.17 bits per heavy atom. The first kappa shape index (κ1) is 15.7. The second kappa shape index (κ2) is 6.13. The maximum Gasteiger partial charge on any atom is 0.280 e. The molecule has 0 unspecified atom stereocenters. The van der Waals surface area contributed by atoms with Crippen LogP contribution >= 0.6 is 11.6 Å². The molecule has 0 atom stereocenters. The SMILES string of the molecule is CNC(=O)c1cnn2c(N)c(C(=O)Nc3ccc(Cl)cc3)nnc12. The van der Waals surface area contributed by atoms with E-state index in [1.54, 1.807) is 24.3 Å². The average molecular weight is 346 g/mol. The molecule has 9 nitrogen and oxygen atoms in total. The third-order valence-electron chi connectivity index (χ3n) is 3.25. The molecule has 3 aromatic rings. The van der Waals surface area contributed by atoms with Crippen molar-refractivity contribution >= 4 is 40.6 Å². The highest BCUT2D eigenvalue weighted by Gasteiger charge is 2.20. The summed E-state index contributed by atoms with van der Waals surface area (Å²) in [5, 5.41) is 17.3. The lowest BCUT2D eigenvalue weighted by Gasteiger charge is -2.07. The van der Waals surface area contributed by atoms with Gasteiger partial charge in [-0.1, -0.05) is 11.6 Å². The molecule has 0 radical (unpaired) electrons. The third kappa shape index (κ3) is 2.72. The lowest BCUT2D eigenvalue weighted by atomic mass is 10.3. The quantitative estimate of drug-likeness (QED) is 0.649. The zero-order valence-corrected chi connectivity index (χ0v) is 13.2. The van der Waals surface area contributed by atoms with E-state index >= 15 is 0 Å². The lowest BCUT2D eigenvalue weighted by Crippen LogP contribution is -2.21. The van der Waals surface area contributed by atoms with Crippen molar-refractivity contribution in [2.45, 2.75) is 0 Å². The Morgan fingerprint density at radius 2 is 1.88 bits per heavy atom. The molecule has 122 valence electrons. The van der Waals surface area contributed by atoms with Gasteiger partial charge in [0.05, 0.1) is 6.20 Å². The zero-order valence-electron chi connectivity index (χ0n) is 12.4. The minimum absolute atomic E-state index is 0.0263. The van der Waals surface area contributed by atoms with Crippen LogP contribution in [0.4, 0.5) is 11.5 Å². The third-order valence-corrected chi connectivity index (χ3v) is 3.50. The second-order valence-corrected chi connectivity index (χ2v) is 5.20. The maximum atomic E-state index is 12.3. The number of nitrogens with one attached hydrogen (secondary N) is 2. The van der Waals surface area contributed by atoms with Gasteiger partial charge >= 0.3 is 0 Å². The van der Waals surface area contributed by atoms with Crippen molar-refractivity contribution in [3.05, 3.63) is 46.7 Å². The van der Waals surface area contributed by atoms with Crippen molar-refractivity contribution in [3.63, 3.8) is 0 Å². The molecule has 0 aliphatic carbocycles. The smallest absolute Gasteiger partial charge is 0.280 e. The summed E-state index contributed by atoms with van der Waals surface area (Å²) in [4.78, 5) is 24.0. The predicted octanol–water partition coefficient (Wildman–Crippen LogP) is 0.972. The monoisotopic (exact) mass is 345 g/mol. The highest BCUT2D eigenvalue weighted by atomic mass is 35.5. The van der Waals surface area contributed by atoms with Gasteiger partial charge in [-0.15, -0.1) is 10.2 Å². The van der Waals surface area contributed by atoms with Crippen molar-refractivity contribution in [2.75, 3.05) is 18.1 Å². The number of aromatic nitrogens is 4. The number of halogens is 1. The Hall–Kier alpha value is -3.20. The number of nitrogens with two attached hydrogens (primary N) is 1. The normalized spacial score (nSPS) is 10.6. The largest absolute Gasteiger partial charge is 0.382 e. The summed E-state index contributed by atoms with van der Waals surface area (Å²) in [5.41, 5.74) is 6.73. The Kier molecular flexibility index (Phi) is 4.00. The van der Waals surface area contributed by atoms with Gasteiger partial charge in [-0.2, -0.15) is 9.61 Å². The van der Waals surface area contributed by atoms with E-state index in [-0.39, 0.29) is 28.6 Å². The van der Waals surface area contributed by atoms with Crippen LogP contribution in [-0.4, -0.2) is 38.7 Å². The van der Waals surface area contributed by atoms with Crippen LogP contribution in [0.5, 0.6) is 0 Å². The lowest BCUT2D eigenvalue weighted by molar-refractivity contribution is 0.0963. The van der Waals surface area contributed by atoms with E-state index in [2.05, 4.69) is 25.9 Å². The fraction of sp³-hybridized carbons (Fsp3) is 0.0714. The van der Waals surface area contributed by atoms with E-state index in [4.69, 9.17) is 17.3 Å². The summed E-state index contributed by atoms with van der Waals surface area (Å²) in [7, 11) is 1.48. The van der Waals surface area contributed by atoms with Gasteiger partial charge in [0.2, 0.25) is 0 Å². The molecule has 0 aliphatic heterocycles. The summed E-state index contributed by atoms with van der Waals surface area (Å²) < 4.78 is 1.19. The number of benzene rings is 1. The molecule has 24 heavy (non-hydrogen) atoms. The number of amides is 2. The molecule has 10 heteroatoms. The van der Waals surface area contributed by atoms with Crippen molar-refractivity contribution < 1.29 is 9.59 Å². The molecule has 2 heterocycles. The van der Waals surface area contributed by atoms with Crippen molar-refractivity contribution in [1.29, 1.82) is 0 Å². The van der Waals surface area contributed by atoms with Gasteiger partial charge < -0.3 is 16.4 Å². The van der Waals surface area contributed by atoms with E-state index < -0.39 is 5.91 Å². The van der Waals surface area contributed by atoms with Gasteiger partial charge in [-0.3, -0.25) is 9.59 Å². The fourth-order valence-corrected chi connectivity index (χ4v) is 2.17. The summed E-state index contributed by atoms with van der Waals surface area (Å²) in [6, 6.07) is 6.55. The molecule has 2 aromatic heterocycles. The number of fused-ring (bicyclic) bond motifs is 1. The molecule has 1 aromatic carbocycles. The van der Waals surface area contributed by atoms with Gasteiger partial charge in [0, 0.05) is 17.8 Å². The van der Waals surface area contributed by atoms with Crippen LogP contribution in [0.15, 0.2) is 30.5 Å².